The van der Waals surface area contributed by atoms with E-state index in [9.17, 15) is 9.59 Å². The van der Waals surface area contributed by atoms with Crippen molar-refractivity contribution in [3.8, 4) is 0 Å². The summed E-state index contributed by atoms with van der Waals surface area (Å²) in [6.45, 7) is 0. The van der Waals surface area contributed by atoms with Crippen molar-refractivity contribution in [3.05, 3.63) is 35.4 Å². The molecule has 1 aromatic rings. The van der Waals surface area contributed by atoms with Gasteiger partial charge in [0.15, 0.2) is 0 Å². The van der Waals surface area contributed by atoms with Crippen molar-refractivity contribution in [3.63, 3.8) is 0 Å². The number of carboxylic acid groups (broad SMARTS) is 2. The Morgan fingerprint density at radius 3 is 1.40 bits per heavy atom. The molecule has 2 fully saturated rings. The average Bonchev–Trinajstić information content (AvgIpc) is 3.19. The van der Waals surface area contributed by atoms with Gasteiger partial charge in [-0.3, -0.25) is 0 Å². The molecule has 0 saturated heterocycles. The largest absolute Gasteiger partial charge is 0.478 e. The molecule has 0 aliphatic heterocycles. The first-order valence-corrected chi connectivity index (χ1v) is 7.09. The second-order valence-electron chi connectivity index (χ2n) is 5.75. The van der Waals surface area contributed by atoms with Gasteiger partial charge in [0.05, 0.1) is 11.1 Å². The topological polar surface area (TPSA) is 74.6 Å². The zero-order valence-electron chi connectivity index (χ0n) is 11.5. The number of carboxylic acids is 2. The molecule has 108 valence electrons. The lowest BCUT2D eigenvalue weighted by Gasteiger charge is -2.19. The van der Waals surface area contributed by atoms with Gasteiger partial charge in [0.2, 0.25) is 0 Å². The van der Waals surface area contributed by atoms with Gasteiger partial charge in [0.25, 0.3) is 0 Å². The van der Waals surface area contributed by atoms with Crippen LogP contribution in [0, 0.1) is 5.41 Å². The van der Waals surface area contributed by atoms with Crippen LogP contribution in [-0.2, 0) is 0 Å². The summed E-state index contributed by atoms with van der Waals surface area (Å²) in [5.41, 5.74) is 1.10. The summed E-state index contributed by atoms with van der Waals surface area (Å²) in [6.07, 6.45) is 10.8. The van der Waals surface area contributed by atoms with Crippen molar-refractivity contribution in [1.29, 1.82) is 0 Å². The molecule has 0 radical (unpaired) electrons. The molecule has 3 rings (SSSR count). The highest BCUT2D eigenvalue weighted by Gasteiger charge is 2.42. The Bertz CT molecular complexity index is 445. The van der Waals surface area contributed by atoms with Crippen molar-refractivity contribution in [2.45, 2.75) is 44.9 Å². The first kappa shape index (κ1) is 14.6. The molecule has 2 aliphatic rings. The van der Waals surface area contributed by atoms with Crippen molar-refractivity contribution in [2.75, 3.05) is 0 Å². The molecule has 2 saturated carbocycles. The van der Waals surface area contributed by atoms with E-state index in [0.717, 1.165) is 5.41 Å². The van der Waals surface area contributed by atoms with E-state index in [1.807, 2.05) is 0 Å². The van der Waals surface area contributed by atoms with Gasteiger partial charge in [-0.1, -0.05) is 19.3 Å². The summed E-state index contributed by atoms with van der Waals surface area (Å²) in [5.74, 6) is -2.13. The van der Waals surface area contributed by atoms with E-state index in [-0.39, 0.29) is 11.1 Å². The first-order valence-electron chi connectivity index (χ1n) is 7.09. The summed E-state index contributed by atoms with van der Waals surface area (Å²) in [7, 11) is 0. The van der Waals surface area contributed by atoms with Gasteiger partial charge in [0.1, 0.15) is 0 Å². The molecular formula is C16H20O4. The fraction of sp³-hybridized carbons (Fsp3) is 0.500. The van der Waals surface area contributed by atoms with Crippen molar-refractivity contribution < 1.29 is 19.8 Å². The van der Waals surface area contributed by atoms with Crippen LogP contribution in [-0.4, -0.2) is 22.2 Å². The number of hydrogen-bond acceptors (Lipinski definition) is 2. The summed E-state index contributed by atoms with van der Waals surface area (Å²) in [4.78, 5) is 20.7. The van der Waals surface area contributed by atoms with Crippen molar-refractivity contribution >= 4 is 11.9 Å². The number of benzene rings is 1. The molecule has 4 nitrogen and oxygen atoms in total. The molecule has 2 N–H and O–H groups in total. The maximum atomic E-state index is 10.3. The van der Waals surface area contributed by atoms with Crippen LogP contribution in [0.2, 0.25) is 0 Å². The lowest BCUT2D eigenvalue weighted by molar-refractivity contribution is 0.0681. The smallest absolute Gasteiger partial charge is 0.335 e. The molecule has 2 aliphatic carbocycles. The maximum Gasteiger partial charge on any atom is 0.335 e. The minimum absolute atomic E-state index is 0.0833. The minimum Gasteiger partial charge on any atom is -0.478 e. The van der Waals surface area contributed by atoms with Gasteiger partial charge in [-0.15, -0.1) is 0 Å². The van der Waals surface area contributed by atoms with Gasteiger partial charge in [-0.05, 0) is 55.4 Å². The molecule has 0 amide bonds. The summed E-state index contributed by atoms with van der Waals surface area (Å²) in [5, 5.41) is 16.9. The van der Waals surface area contributed by atoms with Crippen LogP contribution in [0.4, 0.5) is 0 Å². The Balaban J connectivity index is 0.000000157. The first-order chi connectivity index (χ1) is 9.52. The minimum atomic E-state index is -1.06. The summed E-state index contributed by atoms with van der Waals surface area (Å²) in [6, 6.07) is 5.02. The molecular weight excluding hydrogens is 256 g/mol. The Hall–Kier alpha value is -1.84. The van der Waals surface area contributed by atoms with Crippen LogP contribution in [0.3, 0.4) is 0 Å². The monoisotopic (exact) mass is 276 g/mol. The molecule has 0 atom stereocenters. The lowest BCUT2D eigenvalue weighted by Crippen LogP contribution is -2.05. The number of carbonyl (C=O) groups is 2. The van der Waals surface area contributed by atoms with E-state index in [1.165, 1.54) is 43.5 Å². The highest BCUT2D eigenvalue weighted by molar-refractivity contribution is 5.91. The Labute approximate surface area is 118 Å². The average molecular weight is 276 g/mol. The van der Waals surface area contributed by atoms with Gasteiger partial charge in [-0.2, -0.15) is 0 Å². The van der Waals surface area contributed by atoms with E-state index >= 15 is 0 Å². The highest BCUT2D eigenvalue weighted by Crippen LogP contribution is 2.55. The molecule has 0 unspecified atom stereocenters. The van der Waals surface area contributed by atoms with Crippen LogP contribution >= 0.6 is 0 Å². The molecule has 1 spiro atoms. The molecule has 0 bridgehead atoms. The van der Waals surface area contributed by atoms with Gasteiger partial charge < -0.3 is 10.2 Å². The van der Waals surface area contributed by atoms with Crippen molar-refractivity contribution in [1.82, 2.24) is 0 Å². The van der Waals surface area contributed by atoms with E-state index < -0.39 is 11.9 Å². The molecule has 0 aromatic heterocycles. The Morgan fingerprint density at radius 2 is 1.15 bits per heavy atom. The fourth-order valence-electron chi connectivity index (χ4n) is 2.73. The maximum absolute atomic E-state index is 10.3. The Morgan fingerprint density at radius 1 is 0.750 bits per heavy atom. The molecule has 4 heteroatoms. The SMILES string of the molecule is C1CCC2(CC1)CC2.O=C(O)c1ccc(C(=O)O)cc1. The highest BCUT2D eigenvalue weighted by atomic mass is 16.4. The van der Waals surface area contributed by atoms with Crippen LogP contribution < -0.4 is 0 Å². The van der Waals surface area contributed by atoms with E-state index in [0.29, 0.717) is 0 Å². The third-order valence-corrected chi connectivity index (χ3v) is 4.25. The van der Waals surface area contributed by atoms with Gasteiger partial charge in [0, 0.05) is 0 Å². The quantitative estimate of drug-likeness (QED) is 0.861. The van der Waals surface area contributed by atoms with Crippen LogP contribution in [0.25, 0.3) is 0 Å². The number of hydrogen-bond donors (Lipinski definition) is 2. The molecule has 0 heterocycles. The second-order valence-corrected chi connectivity index (χ2v) is 5.75. The standard InChI is InChI=1S/C8H6O4.C8H14/c9-7(10)5-1-2-6(4-3-5)8(11)12;1-2-4-8(5-3-1)6-7-8/h1-4H,(H,9,10)(H,11,12);1-7H2. The Kier molecular flexibility index (Phi) is 4.42. The predicted octanol–water partition coefficient (Wildman–Crippen LogP) is 3.81. The van der Waals surface area contributed by atoms with Crippen LogP contribution in [0.5, 0.6) is 0 Å². The van der Waals surface area contributed by atoms with Crippen LogP contribution in [0.15, 0.2) is 24.3 Å². The van der Waals surface area contributed by atoms with Crippen LogP contribution in [0.1, 0.15) is 65.7 Å². The summed E-state index contributed by atoms with van der Waals surface area (Å²) < 4.78 is 0. The lowest BCUT2D eigenvalue weighted by atomic mass is 9.87. The summed E-state index contributed by atoms with van der Waals surface area (Å²) >= 11 is 0. The number of rotatable bonds is 2. The van der Waals surface area contributed by atoms with Crippen molar-refractivity contribution in [2.24, 2.45) is 5.41 Å². The third kappa shape index (κ3) is 3.83. The second kappa shape index (κ2) is 6.07. The van der Waals surface area contributed by atoms with E-state index in [4.69, 9.17) is 10.2 Å². The zero-order chi connectivity index (χ0) is 14.6. The van der Waals surface area contributed by atoms with E-state index in [1.54, 1.807) is 25.7 Å². The molecule has 20 heavy (non-hydrogen) atoms. The zero-order valence-corrected chi connectivity index (χ0v) is 11.5. The van der Waals surface area contributed by atoms with Gasteiger partial charge >= 0.3 is 11.9 Å². The fourth-order valence-corrected chi connectivity index (χ4v) is 2.73. The molecule has 1 aromatic carbocycles. The predicted molar refractivity (Wildman–Crippen MR) is 75.1 cm³/mol. The van der Waals surface area contributed by atoms with Gasteiger partial charge in [-0.25, -0.2) is 9.59 Å². The third-order valence-electron chi connectivity index (χ3n) is 4.25. The van der Waals surface area contributed by atoms with E-state index in [2.05, 4.69) is 0 Å². The normalized spacial score (nSPS) is 18.8. The number of aromatic carboxylic acids is 2.